The highest BCUT2D eigenvalue weighted by Crippen LogP contribution is 2.22. The molecule has 0 bridgehead atoms. The number of anilines is 1. The van der Waals surface area contributed by atoms with Crippen LogP contribution in [0.3, 0.4) is 0 Å². The Labute approximate surface area is 133 Å². The predicted octanol–water partition coefficient (Wildman–Crippen LogP) is 3.90. The number of carboxylic acid groups (broad SMARTS) is 1. The van der Waals surface area contributed by atoms with Gasteiger partial charge in [-0.2, -0.15) is 0 Å². The Hall–Kier alpha value is -1.60. The van der Waals surface area contributed by atoms with E-state index in [-0.39, 0.29) is 16.5 Å². The van der Waals surface area contributed by atoms with Crippen LogP contribution in [-0.2, 0) is 0 Å². The molecule has 2 rings (SSSR count). The van der Waals surface area contributed by atoms with Crippen LogP contribution in [0.5, 0.6) is 0 Å². The van der Waals surface area contributed by atoms with Crippen molar-refractivity contribution in [2.45, 2.75) is 0 Å². The van der Waals surface area contributed by atoms with Crippen molar-refractivity contribution < 1.29 is 14.7 Å². The summed E-state index contributed by atoms with van der Waals surface area (Å²) in [5.74, 6) is -1.38. The normalized spacial score (nSPS) is 10.1. The first-order valence-electron chi connectivity index (χ1n) is 5.58. The lowest BCUT2D eigenvalue weighted by Gasteiger charge is -2.08. The largest absolute Gasteiger partial charge is 0.478 e. The molecule has 0 atom stereocenters. The molecular weight excluding hydrogens is 393 g/mol. The molecule has 0 saturated heterocycles. The van der Waals surface area contributed by atoms with Crippen molar-refractivity contribution in [2.24, 2.45) is 0 Å². The van der Waals surface area contributed by atoms with Crippen LogP contribution in [0.25, 0.3) is 0 Å². The van der Waals surface area contributed by atoms with Crippen molar-refractivity contribution in [2.75, 3.05) is 5.32 Å². The molecule has 0 radical (unpaired) electrons. The molecule has 2 N–H and O–H groups in total. The Bertz CT molecular complexity index is 688. The highest BCUT2D eigenvalue weighted by atomic mass is 127. The SMILES string of the molecule is O=C(O)c1ccc(NC(=O)c2ccccc2I)cc1Cl. The summed E-state index contributed by atoms with van der Waals surface area (Å²) in [7, 11) is 0. The first-order chi connectivity index (χ1) is 9.49. The van der Waals surface area contributed by atoms with Gasteiger partial charge >= 0.3 is 5.97 Å². The summed E-state index contributed by atoms with van der Waals surface area (Å²) >= 11 is 7.93. The van der Waals surface area contributed by atoms with E-state index in [9.17, 15) is 9.59 Å². The molecule has 102 valence electrons. The molecule has 2 aromatic rings. The van der Waals surface area contributed by atoms with E-state index in [0.29, 0.717) is 11.3 Å². The number of carboxylic acids is 1. The van der Waals surface area contributed by atoms with E-state index in [2.05, 4.69) is 27.9 Å². The lowest BCUT2D eigenvalue weighted by molar-refractivity contribution is 0.0697. The molecule has 4 nitrogen and oxygen atoms in total. The molecule has 0 unspecified atom stereocenters. The molecule has 0 aliphatic carbocycles. The zero-order valence-corrected chi connectivity index (χ0v) is 13.0. The van der Waals surface area contributed by atoms with E-state index in [1.807, 2.05) is 12.1 Å². The third-order valence-electron chi connectivity index (χ3n) is 2.58. The third kappa shape index (κ3) is 3.29. The van der Waals surface area contributed by atoms with Crippen molar-refractivity contribution in [3.8, 4) is 0 Å². The maximum absolute atomic E-state index is 12.1. The summed E-state index contributed by atoms with van der Waals surface area (Å²) in [5, 5.41) is 11.6. The number of nitrogens with one attached hydrogen (secondary N) is 1. The number of carbonyl (C=O) groups excluding carboxylic acids is 1. The lowest BCUT2D eigenvalue weighted by atomic mass is 10.2. The van der Waals surface area contributed by atoms with E-state index in [1.165, 1.54) is 18.2 Å². The van der Waals surface area contributed by atoms with Gasteiger partial charge in [0.25, 0.3) is 5.91 Å². The monoisotopic (exact) mass is 401 g/mol. The number of hydrogen-bond acceptors (Lipinski definition) is 2. The van der Waals surface area contributed by atoms with E-state index in [0.717, 1.165) is 3.57 Å². The van der Waals surface area contributed by atoms with Crippen LogP contribution in [0.15, 0.2) is 42.5 Å². The first kappa shape index (κ1) is 14.8. The van der Waals surface area contributed by atoms with Crippen LogP contribution in [0, 0.1) is 3.57 Å². The van der Waals surface area contributed by atoms with Gasteiger partial charge in [0.15, 0.2) is 0 Å². The molecule has 0 fully saturated rings. The van der Waals surface area contributed by atoms with Gasteiger partial charge < -0.3 is 10.4 Å². The number of hydrogen-bond donors (Lipinski definition) is 2. The Balaban J connectivity index is 2.23. The fraction of sp³-hybridized carbons (Fsp3) is 0. The molecule has 2 aromatic carbocycles. The van der Waals surface area contributed by atoms with E-state index in [1.54, 1.807) is 12.1 Å². The van der Waals surface area contributed by atoms with E-state index in [4.69, 9.17) is 16.7 Å². The maximum atomic E-state index is 12.1. The van der Waals surface area contributed by atoms with Gasteiger partial charge in [-0.3, -0.25) is 4.79 Å². The fourth-order valence-corrected chi connectivity index (χ4v) is 2.50. The van der Waals surface area contributed by atoms with E-state index >= 15 is 0 Å². The molecule has 0 aromatic heterocycles. The van der Waals surface area contributed by atoms with Gasteiger partial charge in [0.05, 0.1) is 16.1 Å². The molecule has 6 heteroatoms. The molecule has 0 aliphatic rings. The summed E-state index contributed by atoms with van der Waals surface area (Å²) in [6.45, 7) is 0. The zero-order chi connectivity index (χ0) is 14.7. The topological polar surface area (TPSA) is 66.4 Å². The minimum absolute atomic E-state index is 0.000965. The van der Waals surface area contributed by atoms with Crippen molar-refractivity contribution >= 4 is 51.8 Å². The summed E-state index contributed by atoms with van der Waals surface area (Å²) in [6.07, 6.45) is 0. The Morgan fingerprint density at radius 1 is 1.10 bits per heavy atom. The second kappa shape index (κ2) is 6.23. The predicted molar refractivity (Wildman–Crippen MR) is 85.5 cm³/mol. The minimum atomic E-state index is -1.11. The average Bonchev–Trinajstić information content (AvgIpc) is 2.38. The molecule has 0 saturated carbocycles. The molecule has 20 heavy (non-hydrogen) atoms. The van der Waals surface area contributed by atoms with Gasteiger partial charge in [-0.25, -0.2) is 4.79 Å². The first-order valence-corrected chi connectivity index (χ1v) is 7.03. The Morgan fingerprint density at radius 2 is 1.80 bits per heavy atom. The zero-order valence-electron chi connectivity index (χ0n) is 10.1. The van der Waals surface area contributed by atoms with Gasteiger partial charge in [-0.05, 0) is 52.9 Å². The minimum Gasteiger partial charge on any atom is -0.478 e. The van der Waals surface area contributed by atoms with Crippen LogP contribution in [-0.4, -0.2) is 17.0 Å². The number of benzene rings is 2. The van der Waals surface area contributed by atoms with Gasteiger partial charge in [0.1, 0.15) is 0 Å². The van der Waals surface area contributed by atoms with Crippen LogP contribution in [0.4, 0.5) is 5.69 Å². The molecule has 0 heterocycles. The quantitative estimate of drug-likeness (QED) is 0.767. The summed E-state index contributed by atoms with van der Waals surface area (Å²) in [6, 6.07) is 11.4. The van der Waals surface area contributed by atoms with Gasteiger partial charge in [0.2, 0.25) is 0 Å². The van der Waals surface area contributed by atoms with E-state index < -0.39 is 5.97 Å². The van der Waals surface area contributed by atoms with Crippen LogP contribution in [0.2, 0.25) is 5.02 Å². The summed E-state index contributed by atoms with van der Waals surface area (Å²) < 4.78 is 0.829. The second-order valence-corrected chi connectivity index (χ2v) is 5.50. The highest BCUT2D eigenvalue weighted by molar-refractivity contribution is 14.1. The number of amides is 1. The fourth-order valence-electron chi connectivity index (χ4n) is 1.61. The average molecular weight is 402 g/mol. The number of carbonyl (C=O) groups is 2. The van der Waals surface area contributed by atoms with Crippen molar-refractivity contribution in [1.29, 1.82) is 0 Å². The van der Waals surface area contributed by atoms with Crippen LogP contribution in [0.1, 0.15) is 20.7 Å². The Morgan fingerprint density at radius 3 is 2.40 bits per heavy atom. The van der Waals surface area contributed by atoms with Crippen molar-refractivity contribution in [3.63, 3.8) is 0 Å². The molecule has 0 aliphatic heterocycles. The maximum Gasteiger partial charge on any atom is 0.337 e. The summed E-state index contributed by atoms with van der Waals surface area (Å²) in [5.41, 5.74) is 0.996. The molecular formula is C14H9ClINO3. The summed E-state index contributed by atoms with van der Waals surface area (Å²) in [4.78, 5) is 22.9. The molecule has 1 amide bonds. The second-order valence-electron chi connectivity index (χ2n) is 3.93. The van der Waals surface area contributed by atoms with Crippen molar-refractivity contribution in [3.05, 3.63) is 62.2 Å². The highest BCUT2D eigenvalue weighted by Gasteiger charge is 2.12. The smallest absolute Gasteiger partial charge is 0.337 e. The van der Waals surface area contributed by atoms with Crippen LogP contribution < -0.4 is 5.32 Å². The molecule has 0 spiro atoms. The van der Waals surface area contributed by atoms with Crippen molar-refractivity contribution in [1.82, 2.24) is 0 Å². The Kier molecular flexibility index (Phi) is 4.61. The third-order valence-corrected chi connectivity index (χ3v) is 3.83. The number of aromatic carboxylic acids is 1. The number of rotatable bonds is 3. The van der Waals surface area contributed by atoms with Gasteiger partial charge in [-0.15, -0.1) is 0 Å². The number of halogens is 2. The lowest BCUT2D eigenvalue weighted by Crippen LogP contribution is -2.13. The standard InChI is InChI=1S/C14H9ClINO3/c15-11-7-8(5-6-9(11)14(19)20)17-13(18)10-3-1-2-4-12(10)16/h1-7H,(H,17,18)(H,19,20). The van der Waals surface area contributed by atoms with Gasteiger partial charge in [-0.1, -0.05) is 23.7 Å². The van der Waals surface area contributed by atoms with Crippen LogP contribution >= 0.6 is 34.2 Å². The van der Waals surface area contributed by atoms with Gasteiger partial charge in [0, 0.05) is 9.26 Å².